The summed E-state index contributed by atoms with van der Waals surface area (Å²) in [7, 11) is -3.84. The van der Waals surface area contributed by atoms with Crippen LogP contribution in [0.5, 0.6) is 5.75 Å². The van der Waals surface area contributed by atoms with Gasteiger partial charge in [0.15, 0.2) is 0 Å². The second kappa shape index (κ2) is 10.4. The van der Waals surface area contributed by atoms with Gasteiger partial charge in [0.05, 0.1) is 11.5 Å². The third-order valence-corrected chi connectivity index (χ3v) is 5.99. The molecule has 1 heterocycles. The smallest absolute Gasteiger partial charge is 0.264 e. The third kappa shape index (κ3) is 6.66. The fourth-order valence-corrected chi connectivity index (χ4v) is 3.99. The number of hydrogen-bond donors (Lipinski definition) is 2. The molecule has 1 aromatic heterocycles. The Morgan fingerprint density at radius 2 is 1.84 bits per heavy atom. The van der Waals surface area contributed by atoms with Crippen LogP contribution in [-0.4, -0.2) is 30.9 Å². The third-order valence-electron chi connectivity index (χ3n) is 4.41. The summed E-state index contributed by atoms with van der Waals surface area (Å²) in [5, 5.41) is 3.39. The molecule has 0 atom stereocenters. The summed E-state index contributed by atoms with van der Waals surface area (Å²) in [6, 6.07) is 12.9. The van der Waals surface area contributed by atoms with Crippen LogP contribution in [0.2, 0.25) is 5.02 Å². The van der Waals surface area contributed by atoms with Gasteiger partial charge in [-0.05, 0) is 74.4 Å². The van der Waals surface area contributed by atoms with Crippen molar-refractivity contribution < 1.29 is 17.9 Å². The van der Waals surface area contributed by atoms with Crippen molar-refractivity contribution in [3.63, 3.8) is 0 Å². The fraction of sp³-hybridized carbons (Fsp3) is 0.227. The number of carbonyl (C=O) groups is 1. The van der Waals surface area contributed by atoms with Crippen molar-refractivity contribution in [2.24, 2.45) is 0 Å². The lowest BCUT2D eigenvalue weighted by molar-refractivity contribution is -0.116. The Labute approximate surface area is 192 Å². The van der Waals surface area contributed by atoms with Crippen molar-refractivity contribution in [3.05, 3.63) is 71.0 Å². The van der Waals surface area contributed by atoms with Crippen LogP contribution in [0.1, 0.15) is 24.1 Å². The van der Waals surface area contributed by atoms with Gasteiger partial charge in [-0.3, -0.25) is 4.79 Å². The number of amides is 1. The topological polar surface area (TPSA) is 110 Å². The highest BCUT2D eigenvalue weighted by Crippen LogP contribution is 2.22. The lowest BCUT2D eigenvalue weighted by Gasteiger charge is -2.10. The highest BCUT2D eigenvalue weighted by atomic mass is 35.5. The SMILES string of the molecule is Cc1ccnc(NS(=O)(=O)c2ccc(NC(=O)CCCOc3ccc(Cl)cc3C)cc2)n1. The first-order valence-electron chi connectivity index (χ1n) is 9.84. The van der Waals surface area contributed by atoms with Crippen LogP contribution in [-0.2, 0) is 14.8 Å². The summed E-state index contributed by atoms with van der Waals surface area (Å²) in [4.78, 5) is 20.1. The molecule has 0 saturated carbocycles. The van der Waals surface area contributed by atoms with E-state index in [0.717, 1.165) is 11.3 Å². The average molecular weight is 475 g/mol. The highest BCUT2D eigenvalue weighted by molar-refractivity contribution is 7.92. The van der Waals surface area contributed by atoms with Gasteiger partial charge in [-0.2, -0.15) is 0 Å². The van der Waals surface area contributed by atoms with Gasteiger partial charge in [0.2, 0.25) is 11.9 Å². The van der Waals surface area contributed by atoms with Crippen molar-refractivity contribution in [1.82, 2.24) is 9.97 Å². The van der Waals surface area contributed by atoms with E-state index in [1.165, 1.54) is 30.5 Å². The summed E-state index contributed by atoms with van der Waals surface area (Å²) in [5.41, 5.74) is 2.07. The molecule has 10 heteroatoms. The van der Waals surface area contributed by atoms with E-state index >= 15 is 0 Å². The maximum Gasteiger partial charge on any atom is 0.264 e. The fourth-order valence-electron chi connectivity index (χ4n) is 2.81. The molecule has 32 heavy (non-hydrogen) atoms. The van der Waals surface area contributed by atoms with E-state index in [1.54, 1.807) is 25.1 Å². The Morgan fingerprint density at radius 3 is 2.53 bits per heavy atom. The summed E-state index contributed by atoms with van der Waals surface area (Å²) < 4.78 is 33.0. The lowest BCUT2D eigenvalue weighted by atomic mass is 10.2. The molecule has 3 aromatic rings. The zero-order valence-corrected chi connectivity index (χ0v) is 19.2. The molecule has 168 valence electrons. The first-order chi connectivity index (χ1) is 15.2. The highest BCUT2D eigenvalue weighted by Gasteiger charge is 2.16. The number of nitrogens with zero attached hydrogens (tertiary/aromatic N) is 2. The largest absolute Gasteiger partial charge is 0.493 e. The van der Waals surface area contributed by atoms with Gasteiger partial charge in [0.1, 0.15) is 5.75 Å². The first kappa shape index (κ1) is 23.5. The van der Waals surface area contributed by atoms with Gasteiger partial charge in [0.25, 0.3) is 10.0 Å². The summed E-state index contributed by atoms with van der Waals surface area (Å²) in [5.74, 6) is 0.540. The van der Waals surface area contributed by atoms with Crippen molar-refractivity contribution in [1.29, 1.82) is 0 Å². The minimum Gasteiger partial charge on any atom is -0.493 e. The number of benzene rings is 2. The zero-order chi connectivity index (χ0) is 23.1. The van der Waals surface area contributed by atoms with Crippen molar-refractivity contribution >= 4 is 39.2 Å². The maximum atomic E-state index is 12.5. The van der Waals surface area contributed by atoms with Crippen LogP contribution < -0.4 is 14.8 Å². The van der Waals surface area contributed by atoms with Crippen LogP contribution in [0.3, 0.4) is 0 Å². The Morgan fingerprint density at radius 1 is 1.09 bits per heavy atom. The molecule has 1 amide bonds. The monoisotopic (exact) mass is 474 g/mol. The van der Waals surface area contributed by atoms with Crippen molar-refractivity contribution in [2.75, 3.05) is 16.6 Å². The second-order valence-electron chi connectivity index (χ2n) is 7.06. The van der Waals surface area contributed by atoms with E-state index in [9.17, 15) is 13.2 Å². The Hall–Kier alpha value is -3.17. The van der Waals surface area contributed by atoms with E-state index in [0.29, 0.717) is 29.4 Å². The molecule has 0 saturated heterocycles. The van der Waals surface area contributed by atoms with E-state index < -0.39 is 10.0 Å². The molecule has 0 radical (unpaired) electrons. The van der Waals surface area contributed by atoms with E-state index in [1.807, 2.05) is 13.0 Å². The number of halogens is 1. The minimum atomic E-state index is -3.84. The minimum absolute atomic E-state index is 0.00149. The molecule has 0 unspecified atom stereocenters. The second-order valence-corrected chi connectivity index (χ2v) is 9.18. The number of anilines is 2. The van der Waals surface area contributed by atoms with Crippen LogP contribution in [0.15, 0.2) is 59.6 Å². The predicted octanol–water partition coefficient (Wildman–Crippen LogP) is 4.35. The van der Waals surface area contributed by atoms with Crippen molar-refractivity contribution in [3.8, 4) is 5.75 Å². The quantitative estimate of drug-likeness (QED) is 0.446. The van der Waals surface area contributed by atoms with E-state index in [4.69, 9.17) is 16.3 Å². The number of hydrogen-bond acceptors (Lipinski definition) is 6. The molecule has 8 nitrogen and oxygen atoms in total. The van der Waals surface area contributed by atoms with Crippen molar-refractivity contribution in [2.45, 2.75) is 31.6 Å². The standard InChI is InChI=1S/C22H23ClN4O4S/c1-15-14-17(23)5-10-20(15)31-13-3-4-21(28)26-18-6-8-19(9-7-18)32(29,30)27-22-24-12-11-16(2)25-22/h5-12,14H,3-4,13H2,1-2H3,(H,26,28)(H,24,25,27). The van der Waals surface area contributed by atoms with Gasteiger partial charge in [-0.1, -0.05) is 11.6 Å². The predicted molar refractivity (Wildman–Crippen MR) is 124 cm³/mol. The summed E-state index contributed by atoms with van der Waals surface area (Å²) in [6.07, 6.45) is 2.26. The van der Waals surface area contributed by atoms with Gasteiger partial charge in [-0.25, -0.2) is 23.1 Å². The first-order valence-corrected chi connectivity index (χ1v) is 11.7. The van der Waals surface area contributed by atoms with Crippen LogP contribution in [0, 0.1) is 13.8 Å². The Balaban J connectivity index is 1.48. The molecule has 0 aliphatic heterocycles. The average Bonchev–Trinajstić information content (AvgIpc) is 2.72. The molecule has 0 aliphatic carbocycles. The van der Waals surface area contributed by atoms with Crippen LogP contribution >= 0.6 is 11.6 Å². The normalized spacial score (nSPS) is 11.1. The zero-order valence-electron chi connectivity index (χ0n) is 17.6. The molecule has 2 N–H and O–H groups in total. The number of ether oxygens (including phenoxy) is 1. The van der Waals surface area contributed by atoms with Gasteiger partial charge in [-0.15, -0.1) is 0 Å². The molecule has 3 rings (SSSR count). The Kier molecular flexibility index (Phi) is 7.66. The molecule has 2 aromatic carbocycles. The lowest BCUT2D eigenvalue weighted by Crippen LogP contribution is -2.16. The number of sulfonamides is 1. The summed E-state index contributed by atoms with van der Waals surface area (Å²) >= 11 is 5.92. The van der Waals surface area contributed by atoms with Crippen LogP contribution in [0.25, 0.3) is 0 Å². The molecule has 0 spiro atoms. The molecule has 0 aliphatic rings. The summed E-state index contributed by atoms with van der Waals surface area (Å²) in [6.45, 7) is 4.03. The number of carbonyl (C=O) groups excluding carboxylic acids is 1. The number of aromatic nitrogens is 2. The molecular weight excluding hydrogens is 452 g/mol. The number of rotatable bonds is 9. The maximum absolute atomic E-state index is 12.5. The van der Waals surface area contributed by atoms with Gasteiger partial charge in [0, 0.05) is 29.0 Å². The Bertz CT molecular complexity index is 1200. The molecular formula is C22H23ClN4O4S. The van der Waals surface area contributed by atoms with Crippen LogP contribution in [0.4, 0.5) is 11.6 Å². The van der Waals surface area contributed by atoms with E-state index in [-0.39, 0.29) is 23.2 Å². The number of aryl methyl sites for hydroxylation is 2. The van der Waals surface area contributed by atoms with Gasteiger partial charge < -0.3 is 10.1 Å². The number of nitrogens with one attached hydrogen (secondary N) is 2. The van der Waals surface area contributed by atoms with Gasteiger partial charge >= 0.3 is 0 Å². The molecule has 0 bridgehead atoms. The van der Waals surface area contributed by atoms with E-state index in [2.05, 4.69) is 20.0 Å². The molecule has 0 fully saturated rings.